The van der Waals surface area contributed by atoms with Crippen LogP contribution in [0.4, 0.5) is 0 Å². The first-order chi connectivity index (χ1) is 13.6. The number of hydrogen-bond donors (Lipinski definition) is 2. The molecule has 1 aliphatic rings. The summed E-state index contributed by atoms with van der Waals surface area (Å²) >= 11 is 1.50. The molecule has 3 aromatic heterocycles. The molecule has 7 nitrogen and oxygen atoms in total. The summed E-state index contributed by atoms with van der Waals surface area (Å²) in [4.78, 5) is 23.0. The number of nitrogens with one attached hydrogen (secondary N) is 1. The normalized spacial score (nSPS) is 19.6. The van der Waals surface area contributed by atoms with Gasteiger partial charge in [-0.05, 0) is 23.8 Å². The van der Waals surface area contributed by atoms with Crippen LogP contribution in [-0.2, 0) is 10.4 Å². The largest absolute Gasteiger partial charge is 0.375 e. The van der Waals surface area contributed by atoms with Crippen LogP contribution in [0, 0.1) is 0 Å². The van der Waals surface area contributed by atoms with Crippen molar-refractivity contribution in [1.82, 2.24) is 25.1 Å². The van der Waals surface area contributed by atoms with Crippen LogP contribution in [0.2, 0.25) is 0 Å². The minimum atomic E-state index is -1.46. The Morgan fingerprint density at radius 1 is 1.29 bits per heavy atom. The lowest BCUT2D eigenvalue weighted by Gasteiger charge is -2.21. The summed E-state index contributed by atoms with van der Waals surface area (Å²) < 4.78 is 0. The second kappa shape index (κ2) is 6.22. The summed E-state index contributed by atoms with van der Waals surface area (Å²) in [6.45, 7) is 0.542. The average molecular weight is 391 g/mol. The molecular weight excluding hydrogens is 374 g/mol. The number of nitrogens with zero attached hydrogens (tertiary/aromatic N) is 4. The molecule has 1 fully saturated rings. The molecular formula is C20H17N5O2S. The van der Waals surface area contributed by atoms with E-state index in [2.05, 4.69) is 15.2 Å². The summed E-state index contributed by atoms with van der Waals surface area (Å²) in [6, 6.07) is 11.2. The lowest BCUT2D eigenvalue weighted by Crippen LogP contribution is -2.36. The lowest BCUT2D eigenvalue weighted by molar-refractivity contribution is -0.143. The summed E-state index contributed by atoms with van der Waals surface area (Å²) in [7, 11) is 1.71. The van der Waals surface area contributed by atoms with Gasteiger partial charge in [0, 0.05) is 42.5 Å². The number of likely N-dealkylation sites (N-methyl/N-ethyl adjacent to an activating group) is 1. The van der Waals surface area contributed by atoms with Crippen LogP contribution in [0.1, 0.15) is 12.0 Å². The molecule has 1 atom stereocenters. The Bertz CT molecular complexity index is 1200. The predicted octanol–water partition coefficient (Wildman–Crippen LogP) is 2.80. The Morgan fingerprint density at radius 2 is 2.18 bits per heavy atom. The molecule has 0 bridgehead atoms. The van der Waals surface area contributed by atoms with E-state index in [4.69, 9.17) is 4.98 Å². The molecule has 28 heavy (non-hydrogen) atoms. The number of carbonyl (C=O) groups is 1. The first-order valence-corrected chi connectivity index (χ1v) is 9.78. The van der Waals surface area contributed by atoms with E-state index in [1.807, 2.05) is 35.7 Å². The minimum Gasteiger partial charge on any atom is -0.375 e. The fourth-order valence-corrected chi connectivity index (χ4v) is 4.42. The van der Waals surface area contributed by atoms with E-state index in [0.717, 1.165) is 33.0 Å². The SMILES string of the molecule is CN1CC[C@@](O)(c2cccc(-c3csc(-c4n[nH]c5ncccc45)n3)c2)C1=O. The number of aromatic nitrogens is 4. The fourth-order valence-electron chi connectivity index (χ4n) is 3.59. The molecule has 1 aromatic carbocycles. The molecule has 8 heteroatoms. The Morgan fingerprint density at radius 3 is 3.00 bits per heavy atom. The molecule has 0 unspecified atom stereocenters. The van der Waals surface area contributed by atoms with Crippen LogP contribution in [0.3, 0.4) is 0 Å². The molecule has 140 valence electrons. The van der Waals surface area contributed by atoms with Gasteiger partial charge in [0.05, 0.1) is 5.69 Å². The van der Waals surface area contributed by atoms with Gasteiger partial charge in [0.2, 0.25) is 0 Å². The van der Waals surface area contributed by atoms with E-state index in [1.54, 1.807) is 24.2 Å². The van der Waals surface area contributed by atoms with Crippen molar-refractivity contribution in [1.29, 1.82) is 0 Å². The number of aromatic amines is 1. The molecule has 4 heterocycles. The summed E-state index contributed by atoms with van der Waals surface area (Å²) in [5.74, 6) is -0.265. The highest BCUT2D eigenvalue weighted by molar-refractivity contribution is 7.13. The third-order valence-electron chi connectivity index (χ3n) is 5.19. The van der Waals surface area contributed by atoms with E-state index in [9.17, 15) is 9.90 Å². The van der Waals surface area contributed by atoms with Crippen LogP contribution >= 0.6 is 11.3 Å². The van der Waals surface area contributed by atoms with Crippen molar-refractivity contribution >= 4 is 28.3 Å². The smallest absolute Gasteiger partial charge is 0.258 e. The zero-order chi connectivity index (χ0) is 19.3. The van der Waals surface area contributed by atoms with Crippen molar-refractivity contribution < 1.29 is 9.90 Å². The number of carbonyl (C=O) groups excluding carboxylic acids is 1. The molecule has 0 radical (unpaired) electrons. The van der Waals surface area contributed by atoms with Crippen LogP contribution < -0.4 is 0 Å². The van der Waals surface area contributed by atoms with Crippen molar-refractivity contribution in [2.75, 3.05) is 13.6 Å². The highest BCUT2D eigenvalue weighted by Gasteiger charge is 2.45. The molecule has 4 aromatic rings. The van der Waals surface area contributed by atoms with Crippen LogP contribution in [0.5, 0.6) is 0 Å². The number of amides is 1. The second-order valence-electron chi connectivity index (χ2n) is 6.93. The van der Waals surface area contributed by atoms with Crippen LogP contribution in [0.25, 0.3) is 33.0 Å². The van der Waals surface area contributed by atoms with Gasteiger partial charge in [-0.2, -0.15) is 5.10 Å². The molecule has 2 N–H and O–H groups in total. The van der Waals surface area contributed by atoms with E-state index in [-0.39, 0.29) is 5.91 Å². The highest BCUT2D eigenvalue weighted by Crippen LogP contribution is 2.36. The van der Waals surface area contributed by atoms with Gasteiger partial charge in [-0.25, -0.2) is 9.97 Å². The molecule has 1 aliphatic heterocycles. The Balaban J connectivity index is 1.52. The molecule has 0 saturated carbocycles. The average Bonchev–Trinajstić information content (AvgIpc) is 3.43. The number of thiazole rings is 1. The number of pyridine rings is 1. The number of H-pyrrole nitrogens is 1. The molecule has 0 aliphatic carbocycles. The maximum atomic E-state index is 12.4. The standard InChI is InChI=1S/C20H17N5O2S/c1-25-9-7-20(27,19(25)26)13-5-2-4-12(10-13)15-11-28-18(22-15)16-14-6-3-8-21-17(14)24-23-16/h2-6,8,10-11,27H,7,9H2,1H3,(H,21,23,24)/t20-/m1/s1. The van der Waals surface area contributed by atoms with Crippen LogP contribution in [-0.4, -0.2) is 49.7 Å². The predicted molar refractivity (Wildman–Crippen MR) is 107 cm³/mol. The monoisotopic (exact) mass is 391 g/mol. The van der Waals surface area contributed by atoms with Gasteiger partial charge in [-0.15, -0.1) is 11.3 Å². The molecule has 5 rings (SSSR count). The van der Waals surface area contributed by atoms with Gasteiger partial charge in [0.1, 0.15) is 10.7 Å². The first-order valence-electron chi connectivity index (χ1n) is 8.90. The summed E-state index contributed by atoms with van der Waals surface area (Å²) in [5, 5.41) is 21.9. The van der Waals surface area contributed by atoms with Crippen molar-refractivity contribution in [3.63, 3.8) is 0 Å². The topological polar surface area (TPSA) is 95.0 Å². The lowest BCUT2D eigenvalue weighted by atomic mass is 9.90. The fraction of sp³-hybridized carbons (Fsp3) is 0.200. The first kappa shape index (κ1) is 17.0. The zero-order valence-electron chi connectivity index (χ0n) is 15.1. The van der Waals surface area contributed by atoms with E-state index < -0.39 is 5.60 Å². The number of hydrogen-bond acceptors (Lipinski definition) is 6. The highest BCUT2D eigenvalue weighted by atomic mass is 32.1. The van der Waals surface area contributed by atoms with E-state index in [1.165, 1.54) is 11.3 Å². The van der Waals surface area contributed by atoms with E-state index in [0.29, 0.717) is 18.5 Å². The Kier molecular flexibility index (Phi) is 3.78. The van der Waals surface area contributed by atoms with Gasteiger partial charge in [0.15, 0.2) is 11.2 Å². The molecule has 0 spiro atoms. The maximum absolute atomic E-state index is 12.4. The summed E-state index contributed by atoms with van der Waals surface area (Å²) in [6.07, 6.45) is 2.11. The minimum absolute atomic E-state index is 0.265. The van der Waals surface area contributed by atoms with E-state index >= 15 is 0 Å². The van der Waals surface area contributed by atoms with Gasteiger partial charge in [0.25, 0.3) is 5.91 Å². The number of rotatable bonds is 3. The van der Waals surface area contributed by atoms with Gasteiger partial charge in [-0.1, -0.05) is 18.2 Å². The van der Waals surface area contributed by atoms with Crippen molar-refractivity contribution in [3.8, 4) is 22.0 Å². The Labute approximate surface area is 164 Å². The third kappa shape index (κ3) is 2.53. The number of fused-ring (bicyclic) bond motifs is 1. The van der Waals surface area contributed by atoms with Crippen molar-refractivity contribution in [3.05, 3.63) is 53.5 Å². The number of likely N-dealkylation sites (tertiary alicyclic amines) is 1. The third-order valence-corrected chi connectivity index (χ3v) is 6.04. The van der Waals surface area contributed by atoms with Crippen molar-refractivity contribution in [2.24, 2.45) is 0 Å². The van der Waals surface area contributed by atoms with Crippen LogP contribution in [0.15, 0.2) is 48.0 Å². The second-order valence-corrected chi connectivity index (χ2v) is 7.79. The quantitative estimate of drug-likeness (QED) is 0.560. The summed E-state index contributed by atoms with van der Waals surface area (Å²) in [5.41, 5.74) is 2.26. The maximum Gasteiger partial charge on any atom is 0.258 e. The Hall–Kier alpha value is -3.10. The number of benzene rings is 1. The zero-order valence-corrected chi connectivity index (χ0v) is 15.9. The number of aliphatic hydroxyl groups is 1. The van der Waals surface area contributed by atoms with Gasteiger partial charge >= 0.3 is 0 Å². The molecule has 1 saturated heterocycles. The molecule has 1 amide bonds. The van der Waals surface area contributed by atoms with Crippen molar-refractivity contribution in [2.45, 2.75) is 12.0 Å². The van der Waals surface area contributed by atoms with Gasteiger partial charge in [-0.3, -0.25) is 9.89 Å². The van der Waals surface area contributed by atoms with Gasteiger partial charge < -0.3 is 10.0 Å².